The van der Waals surface area contributed by atoms with Crippen molar-refractivity contribution in [1.29, 1.82) is 0 Å². The fourth-order valence-electron chi connectivity index (χ4n) is 1.72. The molecule has 0 radical (unpaired) electrons. The number of nitrogen functional groups attached to an aromatic ring is 1. The van der Waals surface area contributed by atoms with Gasteiger partial charge in [-0.2, -0.15) is 0 Å². The first-order chi connectivity index (χ1) is 9.15. The van der Waals surface area contributed by atoms with Crippen molar-refractivity contribution in [3.63, 3.8) is 0 Å². The highest BCUT2D eigenvalue weighted by Gasteiger charge is 2.10. The number of nitrogens with two attached hydrogens (primary N) is 1. The molecule has 4 N–H and O–H groups in total. The summed E-state index contributed by atoms with van der Waals surface area (Å²) in [5, 5.41) is 9.54. The number of aromatic hydroxyl groups is 1. The second kappa shape index (κ2) is 5.36. The summed E-state index contributed by atoms with van der Waals surface area (Å²) in [6.07, 6.45) is 2.98. The van der Waals surface area contributed by atoms with Gasteiger partial charge in [0.15, 0.2) is 0 Å². The smallest absolute Gasteiger partial charge is 0.266 e. The van der Waals surface area contributed by atoms with Gasteiger partial charge < -0.3 is 9.84 Å². The first-order valence-corrected chi connectivity index (χ1v) is 5.49. The van der Waals surface area contributed by atoms with E-state index in [-0.39, 0.29) is 5.75 Å². The Bertz CT molecular complexity index is 614. The van der Waals surface area contributed by atoms with E-state index >= 15 is 0 Å². The lowest BCUT2D eigenvalue weighted by atomic mass is 10.0. The number of aromatic nitrogens is 1. The number of hydrazine groups is 1. The second-order valence-corrected chi connectivity index (χ2v) is 3.82. The number of pyridine rings is 1. The molecule has 0 aliphatic rings. The molecule has 0 saturated carbocycles. The van der Waals surface area contributed by atoms with Crippen LogP contribution in [0.5, 0.6) is 11.5 Å². The molecule has 2 rings (SSSR count). The van der Waals surface area contributed by atoms with Crippen LogP contribution < -0.4 is 16.0 Å². The molecule has 1 aromatic heterocycles. The number of methoxy groups -OCH3 is 1. The van der Waals surface area contributed by atoms with Gasteiger partial charge in [0.05, 0.1) is 12.7 Å². The number of carbonyl (C=O) groups is 1. The third kappa shape index (κ3) is 2.63. The molecule has 98 valence electrons. The molecule has 0 aliphatic carbocycles. The van der Waals surface area contributed by atoms with Gasteiger partial charge in [-0.15, -0.1) is 0 Å². The molecule has 6 nitrogen and oxygen atoms in total. The van der Waals surface area contributed by atoms with E-state index in [1.54, 1.807) is 24.4 Å². The van der Waals surface area contributed by atoms with Crippen molar-refractivity contribution in [2.24, 2.45) is 5.84 Å². The molecule has 0 aliphatic heterocycles. The monoisotopic (exact) mass is 259 g/mol. The van der Waals surface area contributed by atoms with Gasteiger partial charge in [-0.3, -0.25) is 15.2 Å². The maximum Gasteiger partial charge on any atom is 0.266 e. The Kier molecular flexibility index (Phi) is 3.63. The van der Waals surface area contributed by atoms with Crippen LogP contribution >= 0.6 is 0 Å². The molecule has 2 aromatic rings. The molecule has 0 unspecified atom stereocenters. The summed E-state index contributed by atoms with van der Waals surface area (Å²) in [7, 11) is 1.53. The number of carbonyl (C=O) groups excluding carboxylic acids is 1. The lowest BCUT2D eigenvalue weighted by Gasteiger charge is -2.09. The maximum atomic E-state index is 11.5. The quantitative estimate of drug-likeness (QED) is 0.435. The fourth-order valence-corrected chi connectivity index (χ4v) is 1.72. The Labute approximate surface area is 109 Å². The van der Waals surface area contributed by atoms with Crippen LogP contribution in [-0.4, -0.2) is 23.1 Å². The van der Waals surface area contributed by atoms with Crippen LogP contribution in [0.15, 0.2) is 36.7 Å². The normalized spacial score (nSPS) is 10.0. The summed E-state index contributed by atoms with van der Waals surface area (Å²) >= 11 is 0. The average molecular weight is 259 g/mol. The Morgan fingerprint density at radius 2 is 2.16 bits per heavy atom. The number of hydrogen-bond donors (Lipinski definition) is 3. The number of nitrogens with one attached hydrogen (secondary N) is 1. The highest BCUT2D eigenvalue weighted by Crippen LogP contribution is 2.32. The molecular weight excluding hydrogens is 246 g/mol. The van der Waals surface area contributed by atoms with Crippen molar-refractivity contribution in [1.82, 2.24) is 10.4 Å². The highest BCUT2D eigenvalue weighted by atomic mass is 16.5. The lowest BCUT2D eigenvalue weighted by Crippen LogP contribution is -2.30. The van der Waals surface area contributed by atoms with Gasteiger partial charge >= 0.3 is 0 Å². The molecule has 0 saturated heterocycles. The van der Waals surface area contributed by atoms with Gasteiger partial charge in [0.2, 0.25) is 0 Å². The summed E-state index contributed by atoms with van der Waals surface area (Å²) in [6, 6.07) is 6.32. The van der Waals surface area contributed by atoms with Gasteiger partial charge in [0, 0.05) is 23.5 Å². The van der Waals surface area contributed by atoms with Gasteiger partial charge in [-0.25, -0.2) is 5.84 Å². The van der Waals surface area contributed by atoms with Crippen molar-refractivity contribution in [3.05, 3.63) is 42.2 Å². The number of phenols is 1. The van der Waals surface area contributed by atoms with E-state index < -0.39 is 5.91 Å². The number of hydrogen-bond acceptors (Lipinski definition) is 5. The minimum Gasteiger partial charge on any atom is -0.508 e. The van der Waals surface area contributed by atoms with E-state index in [1.165, 1.54) is 19.4 Å². The second-order valence-electron chi connectivity index (χ2n) is 3.82. The Morgan fingerprint density at radius 1 is 1.37 bits per heavy atom. The van der Waals surface area contributed by atoms with Crippen molar-refractivity contribution in [3.8, 4) is 22.6 Å². The van der Waals surface area contributed by atoms with E-state index in [1.807, 2.05) is 5.43 Å². The van der Waals surface area contributed by atoms with Crippen LogP contribution in [0, 0.1) is 0 Å². The first-order valence-electron chi connectivity index (χ1n) is 5.49. The summed E-state index contributed by atoms with van der Waals surface area (Å²) in [4.78, 5) is 15.4. The molecule has 19 heavy (non-hydrogen) atoms. The zero-order valence-electron chi connectivity index (χ0n) is 10.3. The van der Waals surface area contributed by atoms with Gasteiger partial charge in [-0.1, -0.05) is 0 Å². The van der Waals surface area contributed by atoms with E-state index in [0.717, 1.165) is 0 Å². The molecule has 0 atom stereocenters. The Hall–Kier alpha value is -2.60. The average Bonchev–Trinajstić information content (AvgIpc) is 2.46. The molecule has 1 amide bonds. The van der Waals surface area contributed by atoms with Crippen molar-refractivity contribution in [2.75, 3.05) is 7.11 Å². The number of nitrogens with zero attached hydrogens (tertiary/aromatic N) is 1. The maximum absolute atomic E-state index is 11.5. The van der Waals surface area contributed by atoms with Crippen molar-refractivity contribution >= 4 is 5.91 Å². The lowest BCUT2D eigenvalue weighted by molar-refractivity contribution is 0.0953. The first kappa shape index (κ1) is 12.8. The number of benzene rings is 1. The van der Waals surface area contributed by atoms with Crippen LogP contribution in [0.4, 0.5) is 0 Å². The van der Waals surface area contributed by atoms with Crippen LogP contribution in [-0.2, 0) is 0 Å². The molecule has 1 heterocycles. The minimum atomic E-state index is -0.437. The Morgan fingerprint density at radius 3 is 2.84 bits per heavy atom. The van der Waals surface area contributed by atoms with Gasteiger partial charge in [0.1, 0.15) is 11.5 Å². The minimum absolute atomic E-state index is 0.101. The van der Waals surface area contributed by atoms with Crippen LogP contribution in [0.25, 0.3) is 11.1 Å². The van der Waals surface area contributed by atoms with Crippen LogP contribution in [0.2, 0.25) is 0 Å². The van der Waals surface area contributed by atoms with E-state index in [4.69, 9.17) is 10.6 Å². The third-order valence-electron chi connectivity index (χ3n) is 2.63. The number of phenolic OH excluding ortho intramolecular Hbond substituents is 1. The predicted octanol–water partition coefficient (Wildman–Crippen LogP) is 1.07. The summed E-state index contributed by atoms with van der Waals surface area (Å²) in [6.45, 7) is 0. The molecule has 6 heteroatoms. The molecule has 0 spiro atoms. The molecular formula is C13H13N3O3. The molecule has 0 fully saturated rings. The van der Waals surface area contributed by atoms with Crippen molar-refractivity contribution in [2.45, 2.75) is 0 Å². The number of ether oxygens (including phenoxy) is 1. The largest absolute Gasteiger partial charge is 0.508 e. The summed E-state index contributed by atoms with van der Waals surface area (Å²) in [5.41, 5.74) is 3.65. The van der Waals surface area contributed by atoms with Gasteiger partial charge in [-0.05, 0) is 24.3 Å². The van der Waals surface area contributed by atoms with Gasteiger partial charge in [0.25, 0.3) is 5.91 Å². The Balaban J connectivity index is 2.52. The van der Waals surface area contributed by atoms with E-state index in [0.29, 0.717) is 22.4 Å². The summed E-state index contributed by atoms with van der Waals surface area (Å²) < 4.78 is 5.22. The standard InChI is InChI=1S/C13H13N3O3/c1-19-12-3-2-10(17)5-11(12)8-4-9(7-15-6-8)13(18)16-14/h2-7,17H,14H2,1H3,(H,16,18). The molecule has 0 bridgehead atoms. The number of rotatable bonds is 3. The van der Waals surface area contributed by atoms with E-state index in [9.17, 15) is 9.90 Å². The summed E-state index contributed by atoms with van der Waals surface area (Å²) in [5.74, 6) is 5.32. The highest BCUT2D eigenvalue weighted by molar-refractivity contribution is 5.94. The number of amides is 1. The van der Waals surface area contributed by atoms with Crippen LogP contribution in [0.1, 0.15) is 10.4 Å². The third-order valence-corrected chi connectivity index (χ3v) is 2.63. The van der Waals surface area contributed by atoms with Crippen molar-refractivity contribution < 1.29 is 14.6 Å². The van der Waals surface area contributed by atoms with E-state index in [2.05, 4.69) is 4.98 Å². The zero-order chi connectivity index (χ0) is 13.8. The predicted molar refractivity (Wildman–Crippen MR) is 69.5 cm³/mol. The zero-order valence-corrected chi connectivity index (χ0v) is 10.3. The molecule has 1 aromatic carbocycles. The SMILES string of the molecule is COc1ccc(O)cc1-c1cncc(C(=O)NN)c1. The van der Waals surface area contributed by atoms with Crippen LogP contribution in [0.3, 0.4) is 0 Å². The topological polar surface area (TPSA) is 97.5 Å². The fraction of sp³-hybridized carbons (Fsp3) is 0.0769.